The average Bonchev–Trinajstić information content (AvgIpc) is 2.28. The topological polar surface area (TPSA) is 30.7 Å². The molecule has 2 aromatic rings. The van der Waals surface area contributed by atoms with Gasteiger partial charge in [0, 0.05) is 18.1 Å². The van der Waals surface area contributed by atoms with Gasteiger partial charge in [-0.2, -0.15) is 5.10 Å². The fourth-order valence-electron chi connectivity index (χ4n) is 1.18. The van der Waals surface area contributed by atoms with Gasteiger partial charge in [-0.05, 0) is 19.1 Å². The fourth-order valence-corrected chi connectivity index (χ4v) is 1.32. The number of aromatic nitrogens is 3. The van der Waals surface area contributed by atoms with Crippen molar-refractivity contribution in [1.82, 2.24) is 14.8 Å². The van der Waals surface area contributed by atoms with Crippen molar-refractivity contribution in [2.45, 2.75) is 6.92 Å². The summed E-state index contributed by atoms with van der Waals surface area (Å²) in [5, 5.41) is 5.74. The van der Waals surface area contributed by atoms with E-state index >= 15 is 0 Å². The molecule has 12 heavy (non-hydrogen) atoms. The second-order valence-corrected chi connectivity index (χ2v) is 3.10. The van der Waals surface area contributed by atoms with Gasteiger partial charge in [-0.25, -0.2) is 4.98 Å². The standard InChI is InChI=1S/C8H8ClN3/c1-5-6-3-4-7(9)10-8(6)11-12(5)2/h3-4H,1-2H3. The Balaban J connectivity index is 2.87. The van der Waals surface area contributed by atoms with Crippen LogP contribution in [0.2, 0.25) is 5.15 Å². The monoisotopic (exact) mass is 181 g/mol. The Morgan fingerprint density at radius 1 is 1.42 bits per heavy atom. The highest BCUT2D eigenvalue weighted by atomic mass is 35.5. The number of nitrogens with zero attached hydrogens (tertiary/aromatic N) is 3. The van der Waals surface area contributed by atoms with Crippen molar-refractivity contribution in [3.8, 4) is 0 Å². The lowest BCUT2D eigenvalue weighted by Gasteiger charge is -1.90. The highest BCUT2D eigenvalue weighted by Crippen LogP contribution is 2.16. The van der Waals surface area contributed by atoms with E-state index in [0.717, 1.165) is 11.1 Å². The summed E-state index contributed by atoms with van der Waals surface area (Å²) in [6.07, 6.45) is 0. The molecule has 3 nitrogen and oxygen atoms in total. The molecule has 0 atom stereocenters. The van der Waals surface area contributed by atoms with Crippen LogP contribution in [0.1, 0.15) is 5.69 Å². The molecular weight excluding hydrogens is 174 g/mol. The fraction of sp³-hybridized carbons (Fsp3) is 0.250. The van der Waals surface area contributed by atoms with Crippen LogP contribution in [0, 0.1) is 6.92 Å². The molecule has 0 saturated carbocycles. The van der Waals surface area contributed by atoms with Crippen LogP contribution >= 0.6 is 11.6 Å². The van der Waals surface area contributed by atoms with Gasteiger partial charge in [-0.3, -0.25) is 4.68 Å². The van der Waals surface area contributed by atoms with E-state index in [1.807, 2.05) is 20.0 Å². The van der Waals surface area contributed by atoms with Crippen molar-refractivity contribution in [2.75, 3.05) is 0 Å². The van der Waals surface area contributed by atoms with Crippen LogP contribution in [-0.2, 0) is 7.05 Å². The van der Waals surface area contributed by atoms with Crippen LogP contribution < -0.4 is 0 Å². The van der Waals surface area contributed by atoms with Crippen LogP contribution in [0.15, 0.2) is 12.1 Å². The van der Waals surface area contributed by atoms with Crippen LogP contribution in [-0.4, -0.2) is 14.8 Å². The van der Waals surface area contributed by atoms with Gasteiger partial charge in [-0.15, -0.1) is 0 Å². The molecule has 0 spiro atoms. The predicted molar refractivity (Wildman–Crippen MR) is 48.3 cm³/mol. The van der Waals surface area contributed by atoms with Crippen molar-refractivity contribution in [2.24, 2.45) is 7.05 Å². The average molecular weight is 182 g/mol. The molecular formula is C8H8ClN3. The summed E-state index contributed by atoms with van der Waals surface area (Å²) < 4.78 is 1.80. The zero-order valence-corrected chi connectivity index (χ0v) is 7.63. The van der Waals surface area contributed by atoms with E-state index < -0.39 is 0 Å². The molecule has 0 unspecified atom stereocenters. The summed E-state index contributed by atoms with van der Waals surface area (Å²) in [4.78, 5) is 4.09. The smallest absolute Gasteiger partial charge is 0.182 e. The zero-order chi connectivity index (χ0) is 8.72. The van der Waals surface area contributed by atoms with Crippen LogP contribution in [0.5, 0.6) is 0 Å². The summed E-state index contributed by atoms with van der Waals surface area (Å²) in [5.74, 6) is 0. The van der Waals surface area contributed by atoms with Crippen molar-refractivity contribution in [1.29, 1.82) is 0 Å². The maximum Gasteiger partial charge on any atom is 0.182 e. The Bertz CT molecular complexity index is 433. The summed E-state index contributed by atoms with van der Waals surface area (Å²) in [7, 11) is 1.89. The lowest BCUT2D eigenvalue weighted by Crippen LogP contribution is -1.91. The van der Waals surface area contributed by atoms with Crippen LogP contribution in [0.3, 0.4) is 0 Å². The Kier molecular flexibility index (Phi) is 1.54. The molecule has 0 aliphatic carbocycles. The first-order valence-electron chi connectivity index (χ1n) is 3.64. The van der Waals surface area contributed by atoms with E-state index in [1.54, 1.807) is 10.7 Å². The number of fused-ring (bicyclic) bond motifs is 1. The molecule has 0 amide bonds. The van der Waals surface area contributed by atoms with Crippen molar-refractivity contribution < 1.29 is 0 Å². The number of hydrogen-bond donors (Lipinski definition) is 0. The Morgan fingerprint density at radius 2 is 2.17 bits per heavy atom. The second kappa shape index (κ2) is 2.45. The van der Waals surface area contributed by atoms with E-state index in [-0.39, 0.29) is 0 Å². The van der Waals surface area contributed by atoms with Crippen LogP contribution in [0.4, 0.5) is 0 Å². The van der Waals surface area contributed by atoms with Gasteiger partial charge in [-0.1, -0.05) is 11.6 Å². The number of halogens is 1. The molecule has 0 fully saturated rings. The Morgan fingerprint density at radius 3 is 2.92 bits per heavy atom. The van der Waals surface area contributed by atoms with Gasteiger partial charge >= 0.3 is 0 Å². The molecule has 0 bridgehead atoms. The molecule has 0 aromatic carbocycles. The third-order valence-electron chi connectivity index (χ3n) is 1.96. The van der Waals surface area contributed by atoms with E-state index in [4.69, 9.17) is 11.6 Å². The highest BCUT2D eigenvalue weighted by molar-refractivity contribution is 6.29. The highest BCUT2D eigenvalue weighted by Gasteiger charge is 2.04. The van der Waals surface area contributed by atoms with E-state index in [9.17, 15) is 0 Å². The molecule has 0 radical (unpaired) electrons. The molecule has 0 saturated heterocycles. The number of hydrogen-bond acceptors (Lipinski definition) is 2. The van der Waals surface area contributed by atoms with E-state index in [1.165, 1.54) is 0 Å². The Hall–Kier alpha value is -1.09. The van der Waals surface area contributed by atoms with Crippen molar-refractivity contribution in [3.05, 3.63) is 23.0 Å². The van der Waals surface area contributed by atoms with Gasteiger partial charge in [0.15, 0.2) is 5.65 Å². The number of rotatable bonds is 0. The SMILES string of the molecule is Cc1c2ccc(Cl)nc2nn1C. The third-order valence-corrected chi connectivity index (χ3v) is 2.17. The number of pyridine rings is 1. The molecule has 4 heteroatoms. The van der Waals surface area contributed by atoms with Gasteiger partial charge in [0.25, 0.3) is 0 Å². The zero-order valence-electron chi connectivity index (χ0n) is 6.87. The summed E-state index contributed by atoms with van der Waals surface area (Å²) in [6.45, 7) is 2.00. The molecule has 0 aliphatic rings. The molecule has 0 N–H and O–H groups in total. The minimum atomic E-state index is 0.487. The summed E-state index contributed by atoms with van der Waals surface area (Å²) in [5.41, 5.74) is 1.82. The maximum absolute atomic E-state index is 5.72. The first-order valence-corrected chi connectivity index (χ1v) is 4.02. The van der Waals surface area contributed by atoms with Crippen LogP contribution in [0.25, 0.3) is 11.0 Å². The quantitative estimate of drug-likeness (QED) is 0.582. The van der Waals surface area contributed by atoms with Gasteiger partial charge in [0.05, 0.1) is 0 Å². The van der Waals surface area contributed by atoms with Gasteiger partial charge in [0.1, 0.15) is 5.15 Å². The normalized spacial score (nSPS) is 10.9. The van der Waals surface area contributed by atoms with Gasteiger partial charge < -0.3 is 0 Å². The minimum absolute atomic E-state index is 0.487. The molecule has 62 valence electrons. The number of aryl methyl sites for hydroxylation is 2. The lowest BCUT2D eigenvalue weighted by atomic mass is 10.3. The van der Waals surface area contributed by atoms with Crippen molar-refractivity contribution >= 4 is 22.6 Å². The largest absolute Gasteiger partial charge is 0.270 e. The summed E-state index contributed by atoms with van der Waals surface area (Å²) in [6, 6.07) is 3.71. The van der Waals surface area contributed by atoms with E-state index in [2.05, 4.69) is 10.1 Å². The molecule has 2 rings (SSSR count). The summed E-state index contributed by atoms with van der Waals surface area (Å²) >= 11 is 5.72. The second-order valence-electron chi connectivity index (χ2n) is 2.71. The molecule has 0 aliphatic heterocycles. The van der Waals surface area contributed by atoms with Crippen molar-refractivity contribution in [3.63, 3.8) is 0 Å². The minimum Gasteiger partial charge on any atom is -0.270 e. The predicted octanol–water partition coefficient (Wildman–Crippen LogP) is 1.93. The van der Waals surface area contributed by atoms with E-state index in [0.29, 0.717) is 10.8 Å². The molecule has 2 aromatic heterocycles. The third kappa shape index (κ3) is 0.975. The Labute approximate surface area is 75.0 Å². The first kappa shape index (κ1) is 7.55. The first-order chi connectivity index (χ1) is 5.68. The maximum atomic E-state index is 5.72. The lowest BCUT2D eigenvalue weighted by molar-refractivity contribution is 0.748. The molecule has 2 heterocycles. The van der Waals surface area contributed by atoms with Gasteiger partial charge in [0.2, 0.25) is 0 Å².